The van der Waals surface area contributed by atoms with Crippen LogP contribution in [0.15, 0.2) is 36.9 Å². The summed E-state index contributed by atoms with van der Waals surface area (Å²) in [4.78, 5) is 0. The average molecular weight is 247 g/mol. The molecule has 0 aliphatic carbocycles. The first-order valence-electron chi connectivity index (χ1n) is 6.52. The second-order valence-electron chi connectivity index (χ2n) is 5.65. The molecule has 100 valence electrons. The van der Waals surface area contributed by atoms with Gasteiger partial charge in [0.2, 0.25) is 0 Å². The van der Waals surface area contributed by atoms with Crippen LogP contribution in [0.4, 0.5) is 0 Å². The van der Waals surface area contributed by atoms with Gasteiger partial charge in [-0.25, -0.2) is 0 Å². The van der Waals surface area contributed by atoms with Gasteiger partial charge in [-0.15, -0.1) is 6.58 Å². The van der Waals surface area contributed by atoms with Crippen LogP contribution in [0.3, 0.4) is 0 Å². The maximum atomic E-state index is 5.83. The zero-order valence-electron chi connectivity index (χ0n) is 12.0. The Balaban J connectivity index is 2.50. The SMILES string of the molecule is C=CCNCC(C)Oc1ccc(C(C)(C)C)cc1. The van der Waals surface area contributed by atoms with E-state index in [1.54, 1.807) is 0 Å². The van der Waals surface area contributed by atoms with Crippen molar-refractivity contribution in [2.75, 3.05) is 13.1 Å². The van der Waals surface area contributed by atoms with Crippen molar-refractivity contribution >= 4 is 0 Å². The van der Waals surface area contributed by atoms with E-state index >= 15 is 0 Å². The highest BCUT2D eigenvalue weighted by Gasteiger charge is 2.13. The van der Waals surface area contributed by atoms with E-state index in [1.165, 1.54) is 5.56 Å². The molecule has 2 nitrogen and oxygen atoms in total. The van der Waals surface area contributed by atoms with Crippen LogP contribution in [-0.4, -0.2) is 19.2 Å². The first-order valence-corrected chi connectivity index (χ1v) is 6.52. The summed E-state index contributed by atoms with van der Waals surface area (Å²) >= 11 is 0. The summed E-state index contributed by atoms with van der Waals surface area (Å²) in [6.45, 7) is 14.0. The van der Waals surface area contributed by atoms with E-state index in [1.807, 2.05) is 18.2 Å². The minimum atomic E-state index is 0.158. The third-order valence-corrected chi connectivity index (χ3v) is 2.78. The lowest BCUT2D eigenvalue weighted by Crippen LogP contribution is -2.28. The van der Waals surface area contributed by atoms with Crippen molar-refractivity contribution in [3.05, 3.63) is 42.5 Å². The molecule has 0 aliphatic rings. The largest absolute Gasteiger partial charge is 0.489 e. The van der Waals surface area contributed by atoms with Gasteiger partial charge in [-0.3, -0.25) is 0 Å². The fourth-order valence-electron chi connectivity index (χ4n) is 1.70. The zero-order valence-corrected chi connectivity index (χ0v) is 12.0. The summed E-state index contributed by atoms with van der Waals surface area (Å²) in [6.07, 6.45) is 2.01. The summed E-state index contributed by atoms with van der Waals surface area (Å²) < 4.78 is 5.83. The summed E-state index contributed by atoms with van der Waals surface area (Å²) in [7, 11) is 0. The van der Waals surface area contributed by atoms with Crippen molar-refractivity contribution in [1.29, 1.82) is 0 Å². The van der Waals surface area contributed by atoms with Gasteiger partial charge >= 0.3 is 0 Å². The highest BCUT2D eigenvalue weighted by molar-refractivity contribution is 5.31. The molecule has 1 unspecified atom stereocenters. The predicted molar refractivity (Wildman–Crippen MR) is 78.3 cm³/mol. The van der Waals surface area contributed by atoms with Crippen molar-refractivity contribution < 1.29 is 4.74 Å². The second-order valence-corrected chi connectivity index (χ2v) is 5.65. The molecule has 0 aliphatic heterocycles. The van der Waals surface area contributed by atoms with Gasteiger partial charge in [0.05, 0.1) is 0 Å². The maximum Gasteiger partial charge on any atom is 0.119 e. The normalized spacial score (nSPS) is 13.1. The molecule has 0 saturated heterocycles. The quantitative estimate of drug-likeness (QED) is 0.613. The summed E-state index contributed by atoms with van der Waals surface area (Å²) in [5.41, 5.74) is 1.52. The van der Waals surface area contributed by atoms with Crippen LogP contribution in [0.1, 0.15) is 33.3 Å². The van der Waals surface area contributed by atoms with Crippen molar-refractivity contribution in [2.24, 2.45) is 0 Å². The fourth-order valence-corrected chi connectivity index (χ4v) is 1.70. The molecule has 0 bridgehead atoms. The summed E-state index contributed by atoms with van der Waals surface area (Å²) in [5, 5.41) is 3.25. The van der Waals surface area contributed by atoms with Gasteiger partial charge in [0.1, 0.15) is 11.9 Å². The van der Waals surface area contributed by atoms with Crippen LogP contribution >= 0.6 is 0 Å². The Hall–Kier alpha value is -1.28. The van der Waals surface area contributed by atoms with Gasteiger partial charge in [-0.2, -0.15) is 0 Å². The van der Waals surface area contributed by atoms with Gasteiger partial charge in [0.25, 0.3) is 0 Å². The Kier molecular flexibility index (Phi) is 5.42. The standard InChI is InChI=1S/C16H25NO/c1-6-11-17-12-13(2)18-15-9-7-14(8-10-15)16(3,4)5/h6-10,13,17H,1,11-12H2,2-5H3. The van der Waals surface area contributed by atoms with E-state index in [0.717, 1.165) is 18.8 Å². The van der Waals surface area contributed by atoms with Crippen LogP contribution in [0.2, 0.25) is 0 Å². The lowest BCUT2D eigenvalue weighted by molar-refractivity contribution is 0.219. The third kappa shape index (κ3) is 4.92. The Bertz CT molecular complexity index is 362. The lowest BCUT2D eigenvalue weighted by Gasteiger charge is -2.20. The molecule has 0 amide bonds. The van der Waals surface area contributed by atoms with E-state index in [2.05, 4.69) is 51.7 Å². The van der Waals surface area contributed by atoms with E-state index in [9.17, 15) is 0 Å². The molecular formula is C16H25NO. The minimum absolute atomic E-state index is 0.158. The molecule has 0 aromatic heterocycles. The number of hydrogen-bond acceptors (Lipinski definition) is 2. The molecule has 1 N–H and O–H groups in total. The van der Waals surface area contributed by atoms with Crippen molar-refractivity contribution in [3.63, 3.8) is 0 Å². The molecule has 0 radical (unpaired) electrons. The second kappa shape index (κ2) is 6.60. The number of hydrogen-bond donors (Lipinski definition) is 1. The van der Waals surface area contributed by atoms with Crippen LogP contribution in [0, 0.1) is 0 Å². The molecule has 0 heterocycles. The molecule has 0 spiro atoms. The van der Waals surface area contributed by atoms with Crippen molar-refractivity contribution in [3.8, 4) is 5.75 Å². The smallest absolute Gasteiger partial charge is 0.119 e. The topological polar surface area (TPSA) is 21.3 Å². The maximum absolute atomic E-state index is 5.83. The molecular weight excluding hydrogens is 222 g/mol. The van der Waals surface area contributed by atoms with Gasteiger partial charge < -0.3 is 10.1 Å². The fraction of sp³-hybridized carbons (Fsp3) is 0.500. The van der Waals surface area contributed by atoms with E-state index in [4.69, 9.17) is 4.74 Å². The molecule has 1 rings (SSSR count). The molecule has 0 saturated carbocycles. The summed E-state index contributed by atoms with van der Waals surface area (Å²) in [5.74, 6) is 0.927. The Morgan fingerprint density at radius 2 is 1.89 bits per heavy atom. The van der Waals surface area contributed by atoms with Crippen LogP contribution < -0.4 is 10.1 Å². The van der Waals surface area contributed by atoms with Gasteiger partial charge in [-0.05, 0) is 30.0 Å². The summed E-state index contributed by atoms with van der Waals surface area (Å²) in [6, 6.07) is 8.37. The first-order chi connectivity index (χ1) is 8.43. The van der Waals surface area contributed by atoms with Gasteiger partial charge in [0, 0.05) is 13.1 Å². The number of benzene rings is 1. The van der Waals surface area contributed by atoms with E-state index < -0.39 is 0 Å². The highest BCUT2D eigenvalue weighted by atomic mass is 16.5. The van der Waals surface area contributed by atoms with Crippen LogP contribution in [-0.2, 0) is 5.41 Å². The lowest BCUT2D eigenvalue weighted by atomic mass is 9.87. The molecule has 1 atom stereocenters. The van der Waals surface area contributed by atoms with Gasteiger partial charge in [0.15, 0.2) is 0 Å². The number of ether oxygens (including phenoxy) is 1. The molecule has 18 heavy (non-hydrogen) atoms. The third-order valence-electron chi connectivity index (χ3n) is 2.78. The number of rotatable bonds is 6. The van der Waals surface area contributed by atoms with Crippen LogP contribution in [0.5, 0.6) is 5.75 Å². The Morgan fingerprint density at radius 3 is 2.39 bits per heavy atom. The molecule has 1 aromatic rings. The van der Waals surface area contributed by atoms with Crippen molar-refractivity contribution in [1.82, 2.24) is 5.32 Å². The average Bonchev–Trinajstić information content (AvgIpc) is 2.29. The van der Waals surface area contributed by atoms with E-state index in [-0.39, 0.29) is 11.5 Å². The molecule has 0 fully saturated rings. The molecule has 2 heteroatoms. The zero-order chi connectivity index (χ0) is 13.6. The first kappa shape index (κ1) is 14.8. The Morgan fingerprint density at radius 1 is 1.28 bits per heavy atom. The van der Waals surface area contributed by atoms with Gasteiger partial charge in [-0.1, -0.05) is 39.0 Å². The van der Waals surface area contributed by atoms with E-state index in [0.29, 0.717) is 0 Å². The minimum Gasteiger partial charge on any atom is -0.489 e. The molecule has 1 aromatic carbocycles. The van der Waals surface area contributed by atoms with Crippen molar-refractivity contribution in [2.45, 2.75) is 39.2 Å². The predicted octanol–water partition coefficient (Wildman–Crippen LogP) is 3.53. The number of nitrogens with one attached hydrogen (secondary N) is 1. The monoisotopic (exact) mass is 247 g/mol. The van der Waals surface area contributed by atoms with Crippen LogP contribution in [0.25, 0.3) is 0 Å². The highest BCUT2D eigenvalue weighted by Crippen LogP contribution is 2.24. The Labute approximate surface area is 111 Å².